The standard InChI is InChI=1S/C12H19N3O/c1-3-11(9-13-2)12(16)15-8-10-4-6-14-7-5-10/h4-7,11,13H,3,8-9H2,1-2H3,(H,15,16). The van der Waals surface area contributed by atoms with Crippen molar-refractivity contribution in [3.63, 3.8) is 0 Å². The average Bonchev–Trinajstić information content (AvgIpc) is 2.34. The Labute approximate surface area is 96.5 Å². The third-order valence-corrected chi connectivity index (χ3v) is 2.53. The van der Waals surface area contributed by atoms with Crippen molar-refractivity contribution in [1.29, 1.82) is 0 Å². The van der Waals surface area contributed by atoms with Crippen molar-refractivity contribution in [3.8, 4) is 0 Å². The topological polar surface area (TPSA) is 54.0 Å². The monoisotopic (exact) mass is 221 g/mol. The largest absolute Gasteiger partial charge is 0.352 e. The molecule has 0 spiro atoms. The zero-order chi connectivity index (χ0) is 11.8. The van der Waals surface area contributed by atoms with Crippen molar-refractivity contribution in [2.24, 2.45) is 5.92 Å². The summed E-state index contributed by atoms with van der Waals surface area (Å²) in [6, 6.07) is 3.80. The second kappa shape index (κ2) is 6.95. The lowest BCUT2D eigenvalue weighted by molar-refractivity contribution is -0.125. The maximum Gasteiger partial charge on any atom is 0.224 e. The molecule has 0 aliphatic carbocycles. The Morgan fingerprint density at radius 1 is 1.44 bits per heavy atom. The smallest absolute Gasteiger partial charge is 0.224 e. The normalized spacial score (nSPS) is 12.1. The Morgan fingerprint density at radius 3 is 2.69 bits per heavy atom. The van der Waals surface area contributed by atoms with E-state index in [4.69, 9.17) is 0 Å². The molecule has 0 aliphatic rings. The van der Waals surface area contributed by atoms with Gasteiger partial charge in [-0.1, -0.05) is 6.92 Å². The Morgan fingerprint density at radius 2 is 2.12 bits per heavy atom. The molecule has 0 aromatic carbocycles. The van der Waals surface area contributed by atoms with E-state index in [-0.39, 0.29) is 11.8 Å². The fraction of sp³-hybridized carbons (Fsp3) is 0.500. The lowest BCUT2D eigenvalue weighted by Crippen LogP contribution is -2.35. The number of aromatic nitrogens is 1. The van der Waals surface area contributed by atoms with Gasteiger partial charge >= 0.3 is 0 Å². The molecular weight excluding hydrogens is 202 g/mol. The van der Waals surface area contributed by atoms with Gasteiger partial charge in [0.05, 0.1) is 5.92 Å². The van der Waals surface area contributed by atoms with Gasteiger partial charge in [-0.05, 0) is 31.2 Å². The second-order valence-corrected chi connectivity index (χ2v) is 3.74. The van der Waals surface area contributed by atoms with E-state index in [0.717, 1.165) is 18.5 Å². The summed E-state index contributed by atoms with van der Waals surface area (Å²) in [6.07, 6.45) is 4.31. The van der Waals surface area contributed by atoms with Gasteiger partial charge in [0.1, 0.15) is 0 Å². The Bertz CT molecular complexity index is 313. The van der Waals surface area contributed by atoms with Crippen LogP contribution < -0.4 is 10.6 Å². The molecular formula is C12H19N3O. The number of pyridine rings is 1. The van der Waals surface area contributed by atoms with Gasteiger partial charge < -0.3 is 10.6 Å². The quantitative estimate of drug-likeness (QED) is 0.752. The van der Waals surface area contributed by atoms with E-state index < -0.39 is 0 Å². The van der Waals surface area contributed by atoms with Crippen LogP contribution in [0.4, 0.5) is 0 Å². The summed E-state index contributed by atoms with van der Waals surface area (Å²) in [4.78, 5) is 15.7. The molecule has 0 fully saturated rings. The number of amides is 1. The highest BCUT2D eigenvalue weighted by Gasteiger charge is 2.14. The number of hydrogen-bond donors (Lipinski definition) is 2. The number of rotatable bonds is 6. The molecule has 1 amide bonds. The minimum atomic E-state index is 0.0480. The number of nitrogens with zero attached hydrogens (tertiary/aromatic N) is 1. The van der Waals surface area contributed by atoms with Crippen LogP contribution in [0.2, 0.25) is 0 Å². The minimum absolute atomic E-state index is 0.0480. The zero-order valence-electron chi connectivity index (χ0n) is 9.86. The summed E-state index contributed by atoms with van der Waals surface area (Å²) < 4.78 is 0. The predicted octanol–water partition coefficient (Wildman–Crippen LogP) is 0.943. The molecule has 1 atom stereocenters. The summed E-state index contributed by atoms with van der Waals surface area (Å²) in [7, 11) is 1.86. The van der Waals surface area contributed by atoms with E-state index in [0.29, 0.717) is 6.54 Å². The maximum absolute atomic E-state index is 11.8. The molecule has 4 nitrogen and oxygen atoms in total. The van der Waals surface area contributed by atoms with Crippen LogP contribution in [0.15, 0.2) is 24.5 Å². The average molecular weight is 221 g/mol. The second-order valence-electron chi connectivity index (χ2n) is 3.74. The van der Waals surface area contributed by atoms with Crippen molar-refractivity contribution in [2.75, 3.05) is 13.6 Å². The Hall–Kier alpha value is -1.42. The molecule has 0 aliphatic heterocycles. The van der Waals surface area contributed by atoms with Gasteiger partial charge in [0.15, 0.2) is 0 Å². The van der Waals surface area contributed by atoms with Crippen LogP contribution in [0.3, 0.4) is 0 Å². The molecule has 88 valence electrons. The molecule has 1 aromatic rings. The molecule has 1 unspecified atom stereocenters. The molecule has 0 radical (unpaired) electrons. The van der Waals surface area contributed by atoms with E-state index in [2.05, 4.69) is 15.6 Å². The van der Waals surface area contributed by atoms with E-state index >= 15 is 0 Å². The number of carbonyl (C=O) groups excluding carboxylic acids is 1. The van der Waals surface area contributed by atoms with Crippen LogP contribution in [0.25, 0.3) is 0 Å². The summed E-state index contributed by atoms with van der Waals surface area (Å²) >= 11 is 0. The SMILES string of the molecule is CCC(CNC)C(=O)NCc1ccncc1. The first-order valence-electron chi connectivity index (χ1n) is 5.59. The van der Waals surface area contributed by atoms with Crippen LogP contribution in [-0.4, -0.2) is 24.5 Å². The lowest BCUT2D eigenvalue weighted by Gasteiger charge is -2.14. The Balaban J connectivity index is 2.40. The van der Waals surface area contributed by atoms with E-state index in [1.165, 1.54) is 0 Å². The maximum atomic E-state index is 11.8. The molecule has 4 heteroatoms. The first kappa shape index (κ1) is 12.6. The van der Waals surface area contributed by atoms with Crippen molar-refractivity contribution >= 4 is 5.91 Å². The van der Waals surface area contributed by atoms with Gasteiger partial charge in [0, 0.05) is 25.5 Å². The third-order valence-electron chi connectivity index (χ3n) is 2.53. The van der Waals surface area contributed by atoms with Gasteiger partial charge in [0.2, 0.25) is 5.91 Å². The molecule has 16 heavy (non-hydrogen) atoms. The van der Waals surface area contributed by atoms with E-state index in [1.54, 1.807) is 12.4 Å². The molecule has 0 saturated heterocycles. The van der Waals surface area contributed by atoms with E-state index in [9.17, 15) is 4.79 Å². The van der Waals surface area contributed by atoms with Gasteiger partial charge in [0.25, 0.3) is 0 Å². The van der Waals surface area contributed by atoms with Crippen LogP contribution in [0.1, 0.15) is 18.9 Å². The van der Waals surface area contributed by atoms with Gasteiger partial charge in [-0.3, -0.25) is 9.78 Å². The van der Waals surface area contributed by atoms with Crippen LogP contribution in [0.5, 0.6) is 0 Å². The first-order valence-corrected chi connectivity index (χ1v) is 5.59. The molecule has 2 N–H and O–H groups in total. The van der Waals surface area contributed by atoms with Crippen LogP contribution >= 0.6 is 0 Å². The number of nitrogens with one attached hydrogen (secondary N) is 2. The Kier molecular flexibility index (Phi) is 5.50. The van der Waals surface area contributed by atoms with Gasteiger partial charge in [-0.15, -0.1) is 0 Å². The van der Waals surface area contributed by atoms with Gasteiger partial charge in [-0.25, -0.2) is 0 Å². The van der Waals surface area contributed by atoms with Crippen molar-refractivity contribution in [1.82, 2.24) is 15.6 Å². The van der Waals surface area contributed by atoms with Crippen LogP contribution in [0, 0.1) is 5.92 Å². The van der Waals surface area contributed by atoms with Gasteiger partial charge in [-0.2, -0.15) is 0 Å². The number of hydrogen-bond acceptors (Lipinski definition) is 3. The highest BCUT2D eigenvalue weighted by atomic mass is 16.1. The van der Waals surface area contributed by atoms with Crippen molar-refractivity contribution in [3.05, 3.63) is 30.1 Å². The summed E-state index contributed by atoms with van der Waals surface area (Å²) in [5.41, 5.74) is 1.07. The van der Waals surface area contributed by atoms with Crippen molar-refractivity contribution in [2.45, 2.75) is 19.9 Å². The highest BCUT2D eigenvalue weighted by Crippen LogP contribution is 2.02. The molecule has 0 saturated carbocycles. The molecule has 0 bridgehead atoms. The van der Waals surface area contributed by atoms with Crippen LogP contribution in [-0.2, 0) is 11.3 Å². The zero-order valence-corrected chi connectivity index (χ0v) is 9.86. The van der Waals surface area contributed by atoms with E-state index in [1.807, 2.05) is 26.1 Å². The summed E-state index contributed by atoms with van der Waals surface area (Å²) in [5, 5.41) is 5.96. The summed E-state index contributed by atoms with van der Waals surface area (Å²) in [6.45, 7) is 3.31. The fourth-order valence-corrected chi connectivity index (χ4v) is 1.50. The minimum Gasteiger partial charge on any atom is -0.352 e. The summed E-state index contributed by atoms with van der Waals surface area (Å²) in [5.74, 6) is 0.153. The fourth-order valence-electron chi connectivity index (χ4n) is 1.50. The molecule has 1 heterocycles. The highest BCUT2D eigenvalue weighted by molar-refractivity contribution is 5.78. The predicted molar refractivity (Wildman–Crippen MR) is 63.8 cm³/mol. The number of carbonyl (C=O) groups is 1. The van der Waals surface area contributed by atoms with Crippen molar-refractivity contribution < 1.29 is 4.79 Å². The first-order chi connectivity index (χ1) is 7.77. The third kappa shape index (κ3) is 3.98. The molecule has 1 aromatic heterocycles. The lowest BCUT2D eigenvalue weighted by atomic mass is 10.1. The molecule has 1 rings (SSSR count).